The monoisotopic (exact) mass is 219 g/mol. The molecule has 16 heavy (non-hydrogen) atoms. The molecule has 84 valence electrons. The summed E-state index contributed by atoms with van der Waals surface area (Å²) in [5, 5.41) is 4.00. The van der Waals surface area contributed by atoms with Gasteiger partial charge in [0.25, 0.3) is 0 Å². The molecule has 2 N–H and O–H groups in total. The zero-order chi connectivity index (χ0) is 11.5. The molecule has 0 saturated carbocycles. The number of para-hydroxylation sites is 1. The van der Waals surface area contributed by atoms with E-state index in [9.17, 15) is 0 Å². The van der Waals surface area contributed by atoms with Crippen LogP contribution in [-0.4, -0.2) is 16.9 Å². The van der Waals surface area contributed by atoms with Crippen molar-refractivity contribution in [3.63, 3.8) is 0 Å². The lowest BCUT2D eigenvalue weighted by molar-refractivity contribution is 0.412. The average Bonchev–Trinajstić information content (AvgIpc) is 2.67. The maximum atomic E-state index is 5.87. The minimum absolute atomic E-state index is 0.480. The number of nitrogen functional groups attached to an aromatic ring is 1. The van der Waals surface area contributed by atoms with Gasteiger partial charge in [-0.05, 0) is 12.1 Å². The smallest absolute Gasteiger partial charge is 0.165 e. The number of ether oxygens (including phenoxy) is 2. The second-order valence-corrected chi connectivity index (χ2v) is 3.32. The highest BCUT2D eigenvalue weighted by atomic mass is 16.5. The fourth-order valence-corrected chi connectivity index (χ4v) is 1.37. The van der Waals surface area contributed by atoms with Crippen LogP contribution in [-0.2, 0) is 7.05 Å². The van der Waals surface area contributed by atoms with Gasteiger partial charge in [0, 0.05) is 7.05 Å². The van der Waals surface area contributed by atoms with Crippen molar-refractivity contribution in [2.45, 2.75) is 0 Å². The molecule has 5 nitrogen and oxygen atoms in total. The molecule has 0 aliphatic heterocycles. The normalized spacial score (nSPS) is 10.1. The van der Waals surface area contributed by atoms with E-state index in [2.05, 4.69) is 5.10 Å². The van der Waals surface area contributed by atoms with Gasteiger partial charge in [0.05, 0.1) is 19.5 Å². The fourth-order valence-electron chi connectivity index (χ4n) is 1.37. The highest BCUT2D eigenvalue weighted by molar-refractivity contribution is 5.63. The lowest BCUT2D eigenvalue weighted by atomic mass is 10.3. The van der Waals surface area contributed by atoms with Crippen molar-refractivity contribution in [3.05, 3.63) is 30.6 Å². The minimum Gasteiger partial charge on any atom is -0.494 e. The maximum absolute atomic E-state index is 5.87. The van der Waals surface area contributed by atoms with Crippen molar-refractivity contribution in [2.75, 3.05) is 12.8 Å². The molecule has 0 radical (unpaired) electrons. The molecule has 0 aliphatic carbocycles. The maximum Gasteiger partial charge on any atom is 0.165 e. The van der Waals surface area contributed by atoms with Gasteiger partial charge in [0.15, 0.2) is 11.5 Å². The van der Waals surface area contributed by atoms with Crippen molar-refractivity contribution in [3.8, 4) is 17.2 Å². The Bertz CT molecular complexity index is 494. The third-order valence-corrected chi connectivity index (χ3v) is 2.16. The van der Waals surface area contributed by atoms with Crippen LogP contribution in [0.25, 0.3) is 0 Å². The first-order valence-electron chi connectivity index (χ1n) is 4.79. The predicted molar refractivity (Wildman–Crippen MR) is 60.7 cm³/mol. The van der Waals surface area contributed by atoms with Crippen LogP contribution >= 0.6 is 0 Å². The summed E-state index contributed by atoms with van der Waals surface area (Å²) in [7, 11) is 3.39. The minimum atomic E-state index is 0.480. The van der Waals surface area contributed by atoms with Crippen molar-refractivity contribution in [1.29, 1.82) is 0 Å². The van der Waals surface area contributed by atoms with Gasteiger partial charge in [-0.3, -0.25) is 4.68 Å². The van der Waals surface area contributed by atoms with E-state index >= 15 is 0 Å². The standard InChI is InChI=1S/C11H13N3O2/c1-14-7-8(6-13-14)16-10-5-3-4-9(15-2)11(10)12/h3-7H,12H2,1-2H3. The Kier molecular flexibility index (Phi) is 2.68. The number of anilines is 1. The fraction of sp³-hybridized carbons (Fsp3) is 0.182. The van der Waals surface area contributed by atoms with E-state index in [1.54, 1.807) is 36.3 Å². The number of rotatable bonds is 3. The zero-order valence-electron chi connectivity index (χ0n) is 9.18. The van der Waals surface area contributed by atoms with E-state index in [1.807, 2.05) is 13.1 Å². The molecule has 1 aromatic heterocycles. The highest BCUT2D eigenvalue weighted by Gasteiger charge is 2.07. The van der Waals surface area contributed by atoms with Gasteiger partial charge < -0.3 is 15.2 Å². The summed E-state index contributed by atoms with van der Waals surface area (Å²) in [5.41, 5.74) is 6.35. The first-order chi connectivity index (χ1) is 7.70. The molecular weight excluding hydrogens is 206 g/mol. The van der Waals surface area contributed by atoms with E-state index in [-0.39, 0.29) is 0 Å². The topological polar surface area (TPSA) is 62.3 Å². The summed E-state index contributed by atoms with van der Waals surface area (Å²) in [6.07, 6.45) is 3.39. The van der Waals surface area contributed by atoms with Gasteiger partial charge in [0.1, 0.15) is 11.4 Å². The van der Waals surface area contributed by atoms with E-state index in [1.165, 1.54) is 0 Å². The van der Waals surface area contributed by atoms with Crippen molar-refractivity contribution >= 4 is 5.69 Å². The molecule has 0 aliphatic rings. The molecule has 0 unspecified atom stereocenters. The number of nitrogens with two attached hydrogens (primary N) is 1. The van der Waals surface area contributed by atoms with E-state index in [0.717, 1.165) is 0 Å². The lowest BCUT2D eigenvalue weighted by Crippen LogP contribution is -1.95. The van der Waals surface area contributed by atoms with Gasteiger partial charge in [0.2, 0.25) is 0 Å². The van der Waals surface area contributed by atoms with Gasteiger partial charge in [-0.15, -0.1) is 0 Å². The first kappa shape index (κ1) is 10.4. The summed E-state index contributed by atoms with van der Waals surface area (Å²) in [4.78, 5) is 0. The molecular formula is C11H13N3O2. The average molecular weight is 219 g/mol. The van der Waals surface area contributed by atoms with Crippen molar-refractivity contribution < 1.29 is 9.47 Å². The van der Waals surface area contributed by atoms with Crippen LogP contribution in [0, 0.1) is 0 Å². The Morgan fingerprint density at radius 2 is 2.06 bits per heavy atom. The number of benzene rings is 1. The molecule has 5 heteroatoms. The molecule has 0 spiro atoms. The SMILES string of the molecule is COc1cccc(Oc2cnn(C)c2)c1N. The molecule has 0 bridgehead atoms. The molecule has 0 fully saturated rings. The number of aromatic nitrogens is 2. The third kappa shape index (κ3) is 1.93. The van der Waals surface area contributed by atoms with Crippen LogP contribution in [0.2, 0.25) is 0 Å². The largest absolute Gasteiger partial charge is 0.494 e. The van der Waals surface area contributed by atoms with Crippen LogP contribution in [0.15, 0.2) is 30.6 Å². The Hall–Kier alpha value is -2.17. The first-order valence-corrected chi connectivity index (χ1v) is 4.79. The zero-order valence-corrected chi connectivity index (χ0v) is 9.18. The van der Waals surface area contributed by atoms with Gasteiger partial charge >= 0.3 is 0 Å². The summed E-state index contributed by atoms with van der Waals surface area (Å²) in [6, 6.07) is 5.39. The quantitative estimate of drug-likeness (QED) is 0.799. The molecule has 2 aromatic rings. The number of aryl methyl sites for hydroxylation is 1. The summed E-state index contributed by atoms with van der Waals surface area (Å²) in [5.74, 6) is 1.80. The van der Waals surface area contributed by atoms with Crippen molar-refractivity contribution in [1.82, 2.24) is 9.78 Å². The summed E-state index contributed by atoms with van der Waals surface area (Å²) >= 11 is 0. The van der Waals surface area contributed by atoms with E-state index in [0.29, 0.717) is 22.9 Å². The predicted octanol–water partition coefficient (Wildman–Crippen LogP) is 1.80. The van der Waals surface area contributed by atoms with Gasteiger partial charge in [-0.25, -0.2) is 0 Å². The molecule has 2 rings (SSSR count). The van der Waals surface area contributed by atoms with Crippen molar-refractivity contribution in [2.24, 2.45) is 7.05 Å². The van der Waals surface area contributed by atoms with Gasteiger partial charge in [-0.1, -0.05) is 6.07 Å². The summed E-state index contributed by atoms with van der Waals surface area (Å²) < 4.78 is 12.3. The third-order valence-electron chi connectivity index (χ3n) is 2.16. The molecule has 0 atom stereocenters. The summed E-state index contributed by atoms with van der Waals surface area (Å²) in [6.45, 7) is 0. The molecule has 0 amide bonds. The van der Waals surface area contributed by atoms with E-state index < -0.39 is 0 Å². The molecule has 1 aromatic carbocycles. The molecule has 0 saturated heterocycles. The van der Waals surface area contributed by atoms with Crippen LogP contribution in [0.3, 0.4) is 0 Å². The van der Waals surface area contributed by atoms with Crippen LogP contribution < -0.4 is 15.2 Å². The number of nitrogens with zero attached hydrogens (tertiary/aromatic N) is 2. The Morgan fingerprint density at radius 1 is 1.31 bits per heavy atom. The van der Waals surface area contributed by atoms with Gasteiger partial charge in [-0.2, -0.15) is 5.10 Å². The Morgan fingerprint density at radius 3 is 2.69 bits per heavy atom. The Balaban J connectivity index is 2.28. The van der Waals surface area contributed by atoms with Crippen LogP contribution in [0.1, 0.15) is 0 Å². The second-order valence-electron chi connectivity index (χ2n) is 3.32. The second kappa shape index (κ2) is 4.14. The highest BCUT2D eigenvalue weighted by Crippen LogP contribution is 2.33. The number of hydrogen-bond acceptors (Lipinski definition) is 4. The van der Waals surface area contributed by atoms with Crippen LogP contribution in [0.5, 0.6) is 17.2 Å². The van der Waals surface area contributed by atoms with E-state index in [4.69, 9.17) is 15.2 Å². The number of methoxy groups -OCH3 is 1. The Labute approximate surface area is 93.4 Å². The molecule has 1 heterocycles. The lowest BCUT2D eigenvalue weighted by Gasteiger charge is -2.09. The number of hydrogen-bond donors (Lipinski definition) is 1. The van der Waals surface area contributed by atoms with Crippen LogP contribution in [0.4, 0.5) is 5.69 Å².